The lowest BCUT2D eigenvalue weighted by molar-refractivity contribution is -0.121. The number of thiazole rings is 1. The van der Waals surface area contributed by atoms with E-state index in [-0.39, 0.29) is 11.7 Å². The summed E-state index contributed by atoms with van der Waals surface area (Å²) in [6.45, 7) is 0. The van der Waals surface area contributed by atoms with Gasteiger partial charge in [0.15, 0.2) is 4.32 Å². The van der Waals surface area contributed by atoms with Crippen LogP contribution in [-0.4, -0.2) is 25.3 Å². The van der Waals surface area contributed by atoms with Gasteiger partial charge in [0.2, 0.25) is 5.13 Å². The molecule has 1 saturated heterocycles. The number of fused-ring (bicyclic) bond motifs is 1. The Balaban J connectivity index is 1.60. The normalized spacial score (nSPS) is 16.2. The molecule has 0 atom stereocenters. The lowest BCUT2D eigenvalue weighted by Crippen LogP contribution is -2.33. The molecule has 1 aromatic heterocycles. The number of nitrogens with one attached hydrogen (secondary N) is 1. The van der Waals surface area contributed by atoms with Crippen molar-refractivity contribution in [3.05, 3.63) is 59.0 Å². The van der Waals surface area contributed by atoms with Crippen LogP contribution in [0, 0.1) is 0 Å². The fourth-order valence-corrected chi connectivity index (χ4v) is 4.36. The first-order chi connectivity index (χ1) is 12.1. The number of nitrogens with zero attached hydrogens (tertiary/aromatic N) is 2. The van der Waals surface area contributed by atoms with Gasteiger partial charge in [-0.05, 0) is 36.5 Å². The molecular weight excluding hydrogens is 374 g/mol. The third-order valence-electron chi connectivity index (χ3n) is 3.52. The highest BCUT2D eigenvalue weighted by atomic mass is 32.2. The Bertz CT molecular complexity index is 996. The number of phenolic OH excluding ortho intramolecular Hbond substituents is 1. The van der Waals surface area contributed by atoms with Gasteiger partial charge in [-0.15, -0.1) is 0 Å². The highest BCUT2D eigenvalue weighted by molar-refractivity contribution is 8.26. The third-order valence-corrected chi connectivity index (χ3v) is 5.76. The number of rotatable bonds is 3. The zero-order chi connectivity index (χ0) is 17.4. The minimum Gasteiger partial charge on any atom is -0.507 e. The van der Waals surface area contributed by atoms with E-state index in [4.69, 9.17) is 12.2 Å². The van der Waals surface area contributed by atoms with Crippen molar-refractivity contribution in [2.75, 3.05) is 5.43 Å². The Morgan fingerprint density at radius 3 is 2.72 bits per heavy atom. The monoisotopic (exact) mass is 385 g/mol. The number of para-hydroxylation sites is 2. The summed E-state index contributed by atoms with van der Waals surface area (Å²) < 4.78 is 1.42. The number of hydrogen-bond acceptors (Lipinski definition) is 7. The maximum atomic E-state index is 12.6. The molecule has 4 rings (SSSR count). The van der Waals surface area contributed by atoms with Crippen LogP contribution >= 0.6 is 35.3 Å². The number of benzene rings is 2. The fraction of sp³-hybridized carbons (Fsp3) is 0. The molecule has 124 valence electrons. The fourth-order valence-electron chi connectivity index (χ4n) is 2.33. The maximum Gasteiger partial charge on any atom is 0.285 e. The molecule has 1 fully saturated rings. The molecule has 1 amide bonds. The first kappa shape index (κ1) is 16.1. The number of carbonyl (C=O) groups is 1. The van der Waals surface area contributed by atoms with E-state index >= 15 is 0 Å². The van der Waals surface area contributed by atoms with Crippen molar-refractivity contribution < 1.29 is 9.90 Å². The van der Waals surface area contributed by atoms with Crippen LogP contribution in [0.1, 0.15) is 5.56 Å². The molecule has 2 aromatic carbocycles. The molecule has 0 bridgehead atoms. The molecule has 2 heterocycles. The average Bonchev–Trinajstić information content (AvgIpc) is 3.13. The van der Waals surface area contributed by atoms with Crippen LogP contribution < -0.4 is 5.43 Å². The van der Waals surface area contributed by atoms with Gasteiger partial charge in [-0.25, -0.2) is 4.98 Å². The Morgan fingerprint density at radius 2 is 1.92 bits per heavy atom. The largest absolute Gasteiger partial charge is 0.507 e. The van der Waals surface area contributed by atoms with Crippen molar-refractivity contribution in [3.63, 3.8) is 0 Å². The molecule has 8 heteroatoms. The first-order valence-electron chi connectivity index (χ1n) is 7.30. The number of thioether (sulfide) groups is 1. The molecule has 2 N–H and O–H groups in total. The van der Waals surface area contributed by atoms with Crippen molar-refractivity contribution in [1.29, 1.82) is 0 Å². The summed E-state index contributed by atoms with van der Waals surface area (Å²) >= 11 is 7.94. The van der Waals surface area contributed by atoms with E-state index in [1.54, 1.807) is 30.3 Å². The number of anilines is 1. The molecule has 0 radical (unpaired) electrons. The second-order valence-corrected chi connectivity index (χ2v) is 7.88. The Kier molecular flexibility index (Phi) is 4.16. The number of aromatic hydroxyl groups is 1. The summed E-state index contributed by atoms with van der Waals surface area (Å²) in [4.78, 5) is 17.5. The van der Waals surface area contributed by atoms with E-state index in [1.807, 2.05) is 24.3 Å². The molecule has 5 nitrogen and oxygen atoms in total. The summed E-state index contributed by atoms with van der Waals surface area (Å²) in [7, 11) is 0. The van der Waals surface area contributed by atoms with Crippen molar-refractivity contribution in [2.45, 2.75) is 0 Å². The lowest BCUT2D eigenvalue weighted by Gasteiger charge is -2.14. The van der Waals surface area contributed by atoms with E-state index in [1.165, 1.54) is 28.1 Å². The first-order valence-corrected chi connectivity index (χ1v) is 9.34. The van der Waals surface area contributed by atoms with Gasteiger partial charge in [-0.3, -0.25) is 10.2 Å². The van der Waals surface area contributed by atoms with E-state index in [0.29, 0.717) is 19.9 Å². The molecule has 25 heavy (non-hydrogen) atoms. The highest BCUT2D eigenvalue weighted by Crippen LogP contribution is 2.35. The number of thiocarbonyl (C=S) groups is 1. The van der Waals surface area contributed by atoms with E-state index in [2.05, 4.69) is 10.4 Å². The zero-order valence-electron chi connectivity index (χ0n) is 12.7. The summed E-state index contributed by atoms with van der Waals surface area (Å²) in [6.07, 6.45) is 1.63. The average molecular weight is 385 g/mol. The smallest absolute Gasteiger partial charge is 0.285 e. The van der Waals surface area contributed by atoms with Gasteiger partial charge in [0.1, 0.15) is 5.75 Å². The molecule has 3 aromatic rings. The lowest BCUT2D eigenvalue weighted by atomic mass is 10.2. The van der Waals surface area contributed by atoms with E-state index < -0.39 is 0 Å². The highest BCUT2D eigenvalue weighted by Gasteiger charge is 2.33. The van der Waals surface area contributed by atoms with E-state index in [0.717, 1.165) is 10.2 Å². The van der Waals surface area contributed by atoms with Crippen LogP contribution in [-0.2, 0) is 4.79 Å². The number of hydrazine groups is 1. The van der Waals surface area contributed by atoms with Crippen molar-refractivity contribution in [3.8, 4) is 5.75 Å². The van der Waals surface area contributed by atoms with Gasteiger partial charge in [-0.1, -0.05) is 53.4 Å². The topological polar surface area (TPSA) is 65.5 Å². The molecule has 0 saturated carbocycles. The Morgan fingerprint density at radius 1 is 1.16 bits per heavy atom. The van der Waals surface area contributed by atoms with Crippen LogP contribution in [0.5, 0.6) is 5.75 Å². The standard InChI is InChI=1S/C17H11N3O2S3/c21-12-7-3-1-5-10(12)9-14-15(22)20(17(23)25-14)19-16-18-11-6-2-4-8-13(11)24-16/h1-9,21H,(H,18,19). The Labute approximate surface area is 157 Å². The Hall–Kier alpha value is -2.42. The van der Waals surface area contributed by atoms with Crippen LogP contribution in [0.15, 0.2) is 53.4 Å². The van der Waals surface area contributed by atoms with Gasteiger partial charge in [0.05, 0.1) is 15.1 Å². The predicted molar refractivity (Wildman–Crippen MR) is 106 cm³/mol. The number of amides is 1. The minimum absolute atomic E-state index is 0.118. The van der Waals surface area contributed by atoms with Gasteiger partial charge in [0, 0.05) is 5.56 Å². The zero-order valence-corrected chi connectivity index (χ0v) is 15.1. The molecule has 1 aliphatic heterocycles. The molecule has 0 spiro atoms. The van der Waals surface area contributed by atoms with E-state index in [9.17, 15) is 9.90 Å². The van der Waals surface area contributed by atoms with Crippen molar-refractivity contribution in [1.82, 2.24) is 9.99 Å². The number of carbonyl (C=O) groups excluding carboxylic acids is 1. The molecule has 0 aliphatic carbocycles. The van der Waals surface area contributed by atoms with Gasteiger partial charge >= 0.3 is 0 Å². The van der Waals surface area contributed by atoms with Crippen LogP contribution in [0.3, 0.4) is 0 Å². The SMILES string of the molecule is O=C1C(=Cc2ccccc2O)SC(=S)N1Nc1nc2ccccc2s1. The van der Waals surface area contributed by atoms with Crippen LogP contribution in [0.2, 0.25) is 0 Å². The molecular formula is C17H11N3O2S3. The quantitative estimate of drug-likeness (QED) is 0.520. The summed E-state index contributed by atoms with van der Waals surface area (Å²) in [5, 5.41) is 11.8. The minimum atomic E-state index is -0.266. The molecule has 0 unspecified atom stereocenters. The predicted octanol–water partition coefficient (Wildman–Crippen LogP) is 4.23. The second-order valence-electron chi connectivity index (χ2n) is 5.17. The summed E-state index contributed by atoms with van der Waals surface area (Å²) in [5.74, 6) is -0.149. The number of phenols is 1. The van der Waals surface area contributed by atoms with Gasteiger partial charge in [-0.2, -0.15) is 5.01 Å². The molecule has 1 aliphatic rings. The summed E-state index contributed by atoms with van der Waals surface area (Å²) in [5.41, 5.74) is 4.42. The van der Waals surface area contributed by atoms with Crippen molar-refractivity contribution in [2.24, 2.45) is 0 Å². The third kappa shape index (κ3) is 3.11. The van der Waals surface area contributed by atoms with Gasteiger partial charge in [0.25, 0.3) is 5.91 Å². The van der Waals surface area contributed by atoms with Gasteiger partial charge < -0.3 is 5.11 Å². The number of hydrogen-bond donors (Lipinski definition) is 2. The van der Waals surface area contributed by atoms with Crippen LogP contribution in [0.25, 0.3) is 16.3 Å². The summed E-state index contributed by atoms with van der Waals surface area (Å²) in [6, 6.07) is 14.6. The number of aromatic nitrogens is 1. The maximum absolute atomic E-state index is 12.6. The van der Waals surface area contributed by atoms with Crippen molar-refractivity contribution >= 4 is 67.0 Å². The van der Waals surface area contributed by atoms with Crippen LogP contribution in [0.4, 0.5) is 5.13 Å². The second kappa shape index (κ2) is 6.47.